The number of rotatable bonds is 2. The minimum atomic E-state index is -6.39. The Bertz CT molecular complexity index is 532. The fourth-order valence-corrected chi connectivity index (χ4v) is 1.52. The Kier molecular flexibility index (Phi) is 4.27. The maximum absolute atomic E-state index is 13.1. The predicted molar refractivity (Wildman–Crippen MR) is 51.8 cm³/mol. The summed E-state index contributed by atoms with van der Waals surface area (Å²) in [6.45, 7) is 0. The zero-order valence-corrected chi connectivity index (χ0v) is 10.8. The molecule has 1 nitrogen and oxygen atoms in total. The Morgan fingerprint density at radius 1 is 0.714 bits per heavy atom. The van der Waals surface area contributed by atoms with Crippen LogP contribution in [0.15, 0.2) is 16.7 Å². The molecular weight excluding hydrogens is 392 g/mol. The van der Waals surface area contributed by atoms with E-state index in [4.69, 9.17) is 0 Å². The van der Waals surface area contributed by atoms with Gasteiger partial charge in [0.05, 0.1) is 5.56 Å². The van der Waals surface area contributed by atoms with Crippen LogP contribution < -0.4 is 0 Å². The van der Waals surface area contributed by atoms with Crippen molar-refractivity contribution < 1.29 is 43.9 Å². The van der Waals surface area contributed by atoms with Gasteiger partial charge in [-0.15, -0.1) is 0 Å². The fourth-order valence-electron chi connectivity index (χ4n) is 1.21. The van der Waals surface area contributed by atoms with Crippen LogP contribution in [0, 0.1) is 0 Å². The molecule has 0 amide bonds. The van der Waals surface area contributed by atoms with Gasteiger partial charge in [-0.3, -0.25) is 0 Å². The van der Waals surface area contributed by atoms with Crippen molar-refractivity contribution in [2.45, 2.75) is 24.2 Å². The van der Waals surface area contributed by atoms with Gasteiger partial charge in [0.2, 0.25) is 0 Å². The second kappa shape index (κ2) is 4.99. The summed E-state index contributed by atoms with van der Waals surface area (Å²) >= 11 is 2.33. The number of alkyl halides is 10. The van der Waals surface area contributed by atoms with Gasteiger partial charge in [-0.05, 0) is 28.1 Å². The summed E-state index contributed by atoms with van der Waals surface area (Å²) in [4.78, 5) is 2.46. The minimum absolute atomic E-state index is 0.195. The number of hydrogen-bond acceptors (Lipinski definition) is 1. The zero-order valence-electron chi connectivity index (χ0n) is 9.26. The van der Waals surface area contributed by atoms with Crippen LogP contribution in [0.3, 0.4) is 0 Å². The molecule has 12 heteroatoms. The van der Waals surface area contributed by atoms with Crippen LogP contribution in [0.25, 0.3) is 0 Å². The Balaban J connectivity index is 3.66. The molecule has 1 heterocycles. The lowest BCUT2D eigenvalue weighted by Crippen LogP contribution is -2.41. The third-order valence-corrected chi connectivity index (χ3v) is 2.65. The molecule has 1 aromatic rings. The van der Waals surface area contributed by atoms with Crippen LogP contribution in [-0.4, -0.2) is 17.3 Å². The highest BCUT2D eigenvalue weighted by atomic mass is 79.9. The Hall–Kier alpha value is -1.07. The largest absolute Gasteiger partial charge is 0.459 e. The zero-order chi connectivity index (χ0) is 16.9. The lowest BCUT2D eigenvalue weighted by molar-refractivity contribution is -0.303. The van der Waals surface area contributed by atoms with E-state index in [0.717, 1.165) is 0 Å². The molecule has 0 aliphatic rings. The van der Waals surface area contributed by atoms with Crippen LogP contribution in [-0.2, 0) is 11.8 Å². The highest BCUT2D eigenvalue weighted by Crippen LogP contribution is 2.51. The number of nitrogens with zero attached hydrogens (tertiary/aromatic N) is 1. The smallest absolute Gasteiger partial charge is 0.239 e. The standard InChI is InChI=1S/C9H2BrF10N/c10-4-2-1-3(6(11,12)8(15,16)17)5(21-4)7(13,14)9(18,19)20/h1-2H. The Labute approximate surface area is 118 Å². The van der Waals surface area contributed by atoms with Crippen LogP contribution >= 0.6 is 15.9 Å². The van der Waals surface area contributed by atoms with E-state index >= 15 is 0 Å². The first-order valence-corrected chi connectivity index (χ1v) is 5.48. The molecule has 0 aliphatic carbocycles. The molecule has 0 bridgehead atoms. The van der Waals surface area contributed by atoms with E-state index < -0.39 is 40.1 Å². The summed E-state index contributed by atoms with van der Waals surface area (Å²) in [7, 11) is 0. The van der Waals surface area contributed by atoms with Crippen molar-refractivity contribution in [2.24, 2.45) is 0 Å². The van der Waals surface area contributed by atoms with Crippen LogP contribution in [0.5, 0.6) is 0 Å². The number of pyridine rings is 1. The molecule has 120 valence electrons. The molecule has 0 aromatic carbocycles. The molecule has 0 fully saturated rings. The van der Waals surface area contributed by atoms with Gasteiger partial charge in [0.25, 0.3) is 0 Å². The summed E-state index contributed by atoms with van der Waals surface area (Å²) in [5.74, 6) is -11.9. The fraction of sp³-hybridized carbons (Fsp3) is 0.444. The van der Waals surface area contributed by atoms with Gasteiger partial charge < -0.3 is 0 Å². The first kappa shape index (κ1) is 18.0. The predicted octanol–water partition coefficient (Wildman–Crippen LogP) is 5.15. The second-order valence-electron chi connectivity index (χ2n) is 3.67. The molecule has 0 spiro atoms. The molecule has 0 radical (unpaired) electrons. The highest BCUT2D eigenvalue weighted by Gasteiger charge is 2.66. The van der Waals surface area contributed by atoms with Gasteiger partial charge in [-0.1, -0.05) is 0 Å². The van der Waals surface area contributed by atoms with Gasteiger partial charge in [-0.25, -0.2) is 4.98 Å². The molecule has 0 unspecified atom stereocenters. The molecule has 0 saturated heterocycles. The first-order chi connectivity index (χ1) is 9.12. The maximum Gasteiger partial charge on any atom is 0.459 e. The molecule has 0 saturated carbocycles. The average Bonchev–Trinajstić information content (AvgIpc) is 2.25. The van der Waals surface area contributed by atoms with E-state index in [1.807, 2.05) is 0 Å². The van der Waals surface area contributed by atoms with Crippen molar-refractivity contribution in [1.29, 1.82) is 0 Å². The SMILES string of the molecule is FC(F)(F)C(F)(F)c1ccc(Br)nc1C(F)(F)C(F)(F)F. The molecule has 0 atom stereocenters. The molecule has 1 aromatic heterocycles. The lowest BCUT2D eigenvalue weighted by atomic mass is 10.0. The van der Waals surface area contributed by atoms with Gasteiger partial charge in [0, 0.05) is 0 Å². The minimum Gasteiger partial charge on any atom is -0.239 e. The van der Waals surface area contributed by atoms with Crippen molar-refractivity contribution in [3.05, 3.63) is 28.0 Å². The Morgan fingerprint density at radius 2 is 1.14 bits per heavy atom. The monoisotopic (exact) mass is 393 g/mol. The van der Waals surface area contributed by atoms with E-state index in [2.05, 4.69) is 20.9 Å². The quantitative estimate of drug-likeness (QED) is 0.500. The summed E-state index contributed by atoms with van der Waals surface area (Å²) in [6.07, 6.45) is -12.8. The van der Waals surface area contributed by atoms with Crippen molar-refractivity contribution in [2.75, 3.05) is 0 Å². The van der Waals surface area contributed by atoms with Crippen molar-refractivity contribution >= 4 is 15.9 Å². The van der Waals surface area contributed by atoms with Gasteiger partial charge in [0.1, 0.15) is 10.3 Å². The molecule has 21 heavy (non-hydrogen) atoms. The average molecular weight is 394 g/mol. The molecule has 0 N–H and O–H groups in total. The van der Waals surface area contributed by atoms with Crippen molar-refractivity contribution in [3.63, 3.8) is 0 Å². The van der Waals surface area contributed by atoms with E-state index in [9.17, 15) is 43.9 Å². The number of hydrogen-bond donors (Lipinski definition) is 0. The third-order valence-electron chi connectivity index (χ3n) is 2.21. The maximum atomic E-state index is 13.1. The molecular formula is C9H2BrF10N. The number of aromatic nitrogens is 1. The summed E-state index contributed by atoms with van der Waals surface area (Å²) < 4.78 is 125. The van der Waals surface area contributed by atoms with Crippen molar-refractivity contribution in [3.8, 4) is 0 Å². The van der Waals surface area contributed by atoms with Crippen LogP contribution in [0.1, 0.15) is 11.3 Å². The highest BCUT2D eigenvalue weighted by molar-refractivity contribution is 9.10. The van der Waals surface area contributed by atoms with Gasteiger partial charge >= 0.3 is 24.2 Å². The second-order valence-corrected chi connectivity index (χ2v) is 4.49. The van der Waals surface area contributed by atoms with E-state index in [0.29, 0.717) is 6.07 Å². The molecule has 0 aliphatic heterocycles. The molecule has 1 rings (SSSR count). The summed E-state index contributed by atoms with van der Waals surface area (Å²) in [5.41, 5.74) is -5.28. The topological polar surface area (TPSA) is 12.9 Å². The van der Waals surface area contributed by atoms with Crippen molar-refractivity contribution in [1.82, 2.24) is 4.98 Å². The van der Waals surface area contributed by atoms with E-state index in [1.54, 1.807) is 0 Å². The van der Waals surface area contributed by atoms with E-state index in [-0.39, 0.29) is 6.07 Å². The summed E-state index contributed by atoms with van der Waals surface area (Å²) in [5, 5.41) is 0. The lowest BCUT2D eigenvalue weighted by Gasteiger charge is -2.26. The Morgan fingerprint density at radius 3 is 1.52 bits per heavy atom. The number of halogens is 11. The van der Waals surface area contributed by atoms with Crippen LogP contribution in [0.2, 0.25) is 0 Å². The summed E-state index contributed by atoms with van der Waals surface area (Å²) in [6, 6.07) is 0.199. The third kappa shape index (κ3) is 3.09. The first-order valence-electron chi connectivity index (χ1n) is 4.69. The van der Waals surface area contributed by atoms with Gasteiger partial charge in [0.15, 0.2) is 0 Å². The van der Waals surface area contributed by atoms with E-state index in [1.165, 1.54) is 0 Å². The van der Waals surface area contributed by atoms with Gasteiger partial charge in [-0.2, -0.15) is 43.9 Å². The van der Waals surface area contributed by atoms with Crippen LogP contribution in [0.4, 0.5) is 43.9 Å². The normalized spacial score (nSPS) is 14.4.